The molecule has 8 heteroatoms. The number of hydrogen-bond donors (Lipinski definition) is 1. The Morgan fingerprint density at radius 3 is 2.32 bits per heavy atom. The van der Waals surface area contributed by atoms with E-state index in [2.05, 4.69) is 20.7 Å². The molecule has 0 atom stereocenters. The van der Waals surface area contributed by atoms with Gasteiger partial charge < -0.3 is 0 Å². The molecule has 1 N–H and O–H groups in total. The molecular weight excluding hydrogens is 360 g/mol. The molecule has 0 unspecified atom stereocenters. The van der Waals surface area contributed by atoms with E-state index in [-0.39, 0.29) is 9.77 Å². The van der Waals surface area contributed by atoms with Crippen LogP contribution in [-0.2, 0) is 16.6 Å². The smallest absolute Gasteiger partial charge is 0.207 e. The Morgan fingerprint density at radius 1 is 1.16 bits per heavy atom. The van der Waals surface area contributed by atoms with Crippen molar-refractivity contribution in [3.63, 3.8) is 0 Å². The van der Waals surface area contributed by atoms with Crippen LogP contribution in [0.25, 0.3) is 0 Å². The molecule has 0 saturated heterocycles. The molecule has 0 aliphatic heterocycles. The first kappa shape index (κ1) is 14.6. The lowest BCUT2D eigenvalue weighted by atomic mass is 10.2. The molecule has 2 rings (SSSR count). The van der Waals surface area contributed by atoms with Crippen LogP contribution in [0.2, 0.25) is 0 Å². The summed E-state index contributed by atoms with van der Waals surface area (Å²) in [5, 5.41) is 0. The Labute approximate surface area is 121 Å². The van der Waals surface area contributed by atoms with Gasteiger partial charge in [-0.05, 0) is 40.2 Å². The van der Waals surface area contributed by atoms with E-state index in [4.69, 9.17) is 0 Å². The number of rotatable bonds is 4. The van der Waals surface area contributed by atoms with Crippen molar-refractivity contribution >= 4 is 37.3 Å². The summed E-state index contributed by atoms with van der Waals surface area (Å²) in [6, 6.07) is 6.37. The second kappa shape index (κ2) is 5.66. The molecule has 102 valence electrons. The predicted octanol–water partition coefficient (Wildman–Crippen LogP) is 3.27. The molecule has 0 saturated carbocycles. The number of thiophene rings is 1. The summed E-state index contributed by atoms with van der Waals surface area (Å²) in [5.74, 6) is -1.56. The first-order chi connectivity index (χ1) is 8.90. The molecule has 0 aliphatic carbocycles. The molecule has 1 aromatic carbocycles. The minimum Gasteiger partial charge on any atom is -0.207 e. The summed E-state index contributed by atoms with van der Waals surface area (Å²) < 4.78 is 53.4. The summed E-state index contributed by atoms with van der Waals surface area (Å²) in [5.41, 5.74) is -0.304. The highest BCUT2D eigenvalue weighted by Crippen LogP contribution is 2.26. The van der Waals surface area contributed by atoms with Crippen molar-refractivity contribution in [1.82, 2.24) is 4.72 Å². The average molecular weight is 368 g/mol. The zero-order chi connectivity index (χ0) is 14.0. The highest BCUT2D eigenvalue weighted by molar-refractivity contribution is 9.11. The lowest BCUT2D eigenvalue weighted by Gasteiger charge is -2.06. The first-order valence-corrected chi connectivity index (χ1v) is 8.17. The van der Waals surface area contributed by atoms with E-state index < -0.39 is 28.2 Å². The van der Waals surface area contributed by atoms with Crippen molar-refractivity contribution in [3.05, 3.63) is 51.3 Å². The standard InChI is InChI=1S/C11H8BrF2NO2S2/c12-10-4-5-11(18-10)19(16,17)15-6-7-8(13)2-1-3-9(7)14/h1-5,15H,6H2. The average Bonchev–Trinajstić information content (AvgIpc) is 2.76. The topological polar surface area (TPSA) is 46.2 Å². The van der Waals surface area contributed by atoms with Gasteiger partial charge >= 0.3 is 0 Å². The predicted molar refractivity (Wildman–Crippen MR) is 72.4 cm³/mol. The molecule has 1 heterocycles. The molecule has 0 radical (unpaired) electrons. The van der Waals surface area contributed by atoms with Gasteiger partial charge in [0.05, 0.1) is 3.79 Å². The molecule has 0 amide bonds. The van der Waals surface area contributed by atoms with Crippen LogP contribution in [0.5, 0.6) is 0 Å². The third kappa shape index (κ3) is 3.38. The lowest BCUT2D eigenvalue weighted by Crippen LogP contribution is -2.23. The van der Waals surface area contributed by atoms with Gasteiger partial charge in [0, 0.05) is 12.1 Å². The van der Waals surface area contributed by atoms with Crippen LogP contribution in [-0.4, -0.2) is 8.42 Å². The van der Waals surface area contributed by atoms with Gasteiger partial charge in [-0.1, -0.05) is 6.07 Å². The molecule has 0 aliphatic rings. The number of sulfonamides is 1. The van der Waals surface area contributed by atoms with E-state index in [1.54, 1.807) is 6.07 Å². The van der Waals surface area contributed by atoms with Crippen molar-refractivity contribution < 1.29 is 17.2 Å². The third-order valence-electron chi connectivity index (χ3n) is 2.31. The van der Waals surface area contributed by atoms with E-state index in [1.165, 1.54) is 12.1 Å². The molecule has 19 heavy (non-hydrogen) atoms. The second-order valence-electron chi connectivity index (χ2n) is 3.58. The van der Waals surface area contributed by atoms with E-state index in [0.29, 0.717) is 3.79 Å². The maximum Gasteiger partial charge on any atom is 0.250 e. The lowest BCUT2D eigenvalue weighted by molar-refractivity contribution is 0.545. The zero-order valence-corrected chi connectivity index (χ0v) is 12.6. The molecule has 0 fully saturated rings. The number of nitrogens with one attached hydrogen (secondary N) is 1. The summed E-state index contributed by atoms with van der Waals surface area (Å²) in [6.07, 6.45) is 0. The van der Waals surface area contributed by atoms with Gasteiger partial charge in [-0.15, -0.1) is 11.3 Å². The van der Waals surface area contributed by atoms with Gasteiger partial charge in [0.25, 0.3) is 0 Å². The van der Waals surface area contributed by atoms with Crippen LogP contribution in [0.15, 0.2) is 38.3 Å². The maximum absolute atomic E-state index is 13.4. The maximum atomic E-state index is 13.4. The van der Waals surface area contributed by atoms with Crippen LogP contribution >= 0.6 is 27.3 Å². The minimum absolute atomic E-state index is 0.0797. The Morgan fingerprint density at radius 2 is 1.79 bits per heavy atom. The Bertz CT molecular complexity index is 680. The van der Waals surface area contributed by atoms with Gasteiger partial charge in [-0.3, -0.25) is 0 Å². The van der Waals surface area contributed by atoms with Gasteiger partial charge in [-0.25, -0.2) is 21.9 Å². The normalized spacial score (nSPS) is 11.7. The van der Waals surface area contributed by atoms with Crippen molar-refractivity contribution in [2.24, 2.45) is 0 Å². The summed E-state index contributed by atoms with van der Waals surface area (Å²) in [7, 11) is -3.77. The van der Waals surface area contributed by atoms with Gasteiger partial charge in [0.2, 0.25) is 10.0 Å². The van der Waals surface area contributed by atoms with Crippen LogP contribution in [0.1, 0.15) is 5.56 Å². The Balaban J connectivity index is 2.19. The van der Waals surface area contributed by atoms with Crippen molar-refractivity contribution in [3.8, 4) is 0 Å². The quantitative estimate of drug-likeness (QED) is 0.901. The molecule has 2 aromatic rings. The minimum atomic E-state index is -3.77. The SMILES string of the molecule is O=S(=O)(NCc1c(F)cccc1F)c1ccc(Br)s1. The van der Waals surface area contributed by atoms with Crippen molar-refractivity contribution in [2.75, 3.05) is 0 Å². The fourth-order valence-electron chi connectivity index (χ4n) is 1.38. The van der Waals surface area contributed by atoms with Crippen molar-refractivity contribution in [1.29, 1.82) is 0 Å². The zero-order valence-electron chi connectivity index (χ0n) is 9.36. The molecule has 0 spiro atoms. The first-order valence-electron chi connectivity index (χ1n) is 5.08. The fourth-order valence-corrected chi connectivity index (χ4v) is 4.43. The summed E-state index contributed by atoms with van der Waals surface area (Å²) >= 11 is 4.17. The molecule has 1 aromatic heterocycles. The molecular formula is C11H8BrF2NO2S2. The second-order valence-corrected chi connectivity index (χ2v) is 8.04. The third-order valence-corrected chi connectivity index (χ3v) is 5.83. The molecule has 0 bridgehead atoms. The largest absolute Gasteiger partial charge is 0.250 e. The monoisotopic (exact) mass is 367 g/mol. The van der Waals surface area contributed by atoms with Gasteiger partial charge in [-0.2, -0.15) is 0 Å². The van der Waals surface area contributed by atoms with Crippen LogP contribution < -0.4 is 4.72 Å². The fraction of sp³-hybridized carbons (Fsp3) is 0.0909. The van der Waals surface area contributed by atoms with Crippen LogP contribution in [0, 0.1) is 11.6 Å². The van der Waals surface area contributed by atoms with E-state index in [9.17, 15) is 17.2 Å². The number of halogens is 3. The van der Waals surface area contributed by atoms with Crippen LogP contribution in [0.4, 0.5) is 8.78 Å². The van der Waals surface area contributed by atoms with Crippen LogP contribution in [0.3, 0.4) is 0 Å². The Hall–Kier alpha value is -0.830. The van der Waals surface area contributed by atoms with Crippen molar-refractivity contribution in [2.45, 2.75) is 10.8 Å². The van der Waals surface area contributed by atoms with E-state index in [0.717, 1.165) is 23.5 Å². The highest BCUT2D eigenvalue weighted by atomic mass is 79.9. The summed E-state index contributed by atoms with van der Waals surface area (Å²) in [6.45, 7) is -0.434. The number of benzene rings is 1. The number of hydrogen-bond acceptors (Lipinski definition) is 3. The van der Waals surface area contributed by atoms with E-state index in [1.807, 2.05) is 0 Å². The van der Waals surface area contributed by atoms with Gasteiger partial charge in [0.1, 0.15) is 15.8 Å². The van der Waals surface area contributed by atoms with Gasteiger partial charge in [0.15, 0.2) is 0 Å². The Kier molecular flexibility index (Phi) is 4.34. The molecule has 3 nitrogen and oxygen atoms in total. The summed E-state index contributed by atoms with van der Waals surface area (Å²) in [4.78, 5) is 0. The highest BCUT2D eigenvalue weighted by Gasteiger charge is 2.18. The van der Waals surface area contributed by atoms with E-state index >= 15 is 0 Å².